The molecule has 2 N–H and O–H groups in total. The number of carbonyl (C=O) groups is 4. The highest BCUT2D eigenvalue weighted by molar-refractivity contribution is 8.18. The van der Waals surface area contributed by atoms with E-state index in [1.54, 1.807) is 18.2 Å². The molecule has 0 aliphatic carbocycles. The molecule has 1 aliphatic rings. The average Bonchev–Trinajstić information content (AvgIpc) is 3.36. The van der Waals surface area contributed by atoms with Gasteiger partial charge in [0, 0.05) is 17.3 Å². The lowest BCUT2D eigenvalue weighted by atomic mass is 10.1. The molecule has 3 aromatic rings. The van der Waals surface area contributed by atoms with Crippen LogP contribution >= 0.6 is 23.4 Å². The van der Waals surface area contributed by atoms with Crippen molar-refractivity contribution in [3.05, 3.63) is 80.9 Å². The lowest BCUT2D eigenvalue weighted by Gasteiger charge is -2.14. The fraction of sp³-hybridized carbons (Fsp3) is 0.120. The topological polar surface area (TPSA) is 117 Å². The highest BCUT2D eigenvalue weighted by atomic mass is 35.5. The van der Waals surface area contributed by atoms with Gasteiger partial charge in [0.05, 0.1) is 15.5 Å². The largest absolute Gasteiger partial charge is 0.478 e. The van der Waals surface area contributed by atoms with Gasteiger partial charge in [-0.3, -0.25) is 19.3 Å². The number of hydrogen-bond donors (Lipinski definition) is 2. The van der Waals surface area contributed by atoms with Gasteiger partial charge < -0.3 is 14.8 Å². The predicted octanol–water partition coefficient (Wildman–Crippen LogP) is 5.59. The Balaban J connectivity index is 1.47. The molecule has 0 radical (unpaired) electrons. The zero-order valence-electron chi connectivity index (χ0n) is 18.6. The van der Waals surface area contributed by atoms with Crippen molar-refractivity contribution < 1.29 is 28.7 Å². The molecule has 3 amide bonds. The van der Waals surface area contributed by atoms with Crippen LogP contribution in [-0.4, -0.2) is 39.6 Å². The zero-order chi connectivity index (χ0) is 25.3. The third kappa shape index (κ3) is 5.31. The first-order valence-electron chi connectivity index (χ1n) is 10.4. The number of rotatable bonds is 6. The second-order valence-electron chi connectivity index (χ2n) is 7.84. The van der Waals surface area contributed by atoms with Gasteiger partial charge in [-0.05, 0) is 67.1 Å². The highest BCUT2D eigenvalue weighted by Crippen LogP contribution is 2.34. The molecule has 0 bridgehead atoms. The molecule has 178 valence electrons. The molecule has 10 heteroatoms. The van der Waals surface area contributed by atoms with E-state index in [1.165, 1.54) is 18.2 Å². The minimum atomic E-state index is -1.14. The van der Waals surface area contributed by atoms with Crippen molar-refractivity contribution in [2.24, 2.45) is 0 Å². The molecule has 1 fully saturated rings. The number of anilines is 1. The summed E-state index contributed by atoms with van der Waals surface area (Å²) in [5, 5.41) is 11.4. The maximum atomic E-state index is 12.8. The quantitative estimate of drug-likeness (QED) is 0.415. The highest BCUT2D eigenvalue weighted by Gasteiger charge is 2.36. The first-order valence-corrected chi connectivity index (χ1v) is 11.6. The van der Waals surface area contributed by atoms with Gasteiger partial charge in [-0.1, -0.05) is 29.8 Å². The van der Waals surface area contributed by atoms with Gasteiger partial charge in [0.2, 0.25) is 5.91 Å². The summed E-state index contributed by atoms with van der Waals surface area (Å²) < 4.78 is 5.73. The molecule has 0 atom stereocenters. The fourth-order valence-corrected chi connectivity index (χ4v) is 4.48. The van der Waals surface area contributed by atoms with Crippen LogP contribution in [0.2, 0.25) is 5.02 Å². The maximum Gasteiger partial charge on any atom is 0.337 e. The second-order valence-corrected chi connectivity index (χ2v) is 9.24. The van der Waals surface area contributed by atoms with Crippen LogP contribution in [0, 0.1) is 13.8 Å². The summed E-state index contributed by atoms with van der Waals surface area (Å²) in [5.41, 5.74) is 2.98. The number of aromatic carboxylic acids is 1. The van der Waals surface area contributed by atoms with Crippen molar-refractivity contribution in [2.45, 2.75) is 13.8 Å². The number of nitrogens with one attached hydrogen (secondary N) is 1. The standard InChI is InChI=1S/C25H19ClN2O6S/c1-13-3-4-14(2)19(9-13)27-22(29)12-28-23(30)21(35-25(28)33)11-16-6-8-20(34-16)15-5-7-17(24(31)32)18(26)10-15/h3-11H,12H2,1-2H3,(H,27,29)(H,31,32)/b21-11-. The van der Waals surface area contributed by atoms with E-state index in [-0.39, 0.29) is 15.5 Å². The molecular weight excluding hydrogens is 492 g/mol. The molecule has 0 unspecified atom stereocenters. The number of thioether (sulfide) groups is 1. The van der Waals surface area contributed by atoms with Crippen LogP contribution in [0.4, 0.5) is 10.5 Å². The van der Waals surface area contributed by atoms with Crippen molar-refractivity contribution in [1.82, 2.24) is 4.90 Å². The SMILES string of the molecule is Cc1ccc(C)c(NC(=O)CN2C(=O)S/C(=C\c3ccc(-c4ccc(C(=O)O)c(Cl)c4)o3)C2=O)c1. The normalized spacial score (nSPS) is 14.6. The lowest BCUT2D eigenvalue weighted by molar-refractivity contribution is -0.127. The molecule has 8 nitrogen and oxygen atoms in total. The van der Waals surface area contributed by atoms with Gasteiger partial charge in [0.15, 0.2) is 0 Å². The predicted molar refractivity (Wildman–Crippen MR) is 133 cm³/mol. The van der Waals surface area contributed by atoms with Crippen LogP contribution in [0.1, 0.15) is 27.2 Å². The van der Waals surface area contributed by atoms with Crippen molar-refractivity contribution >= 4 is 58.1 Å². The average molecular weight is 511 g/mol. The van der Waals surface area contributed by atoms with Crippen LogP contribution in [-0.2, 0) is 9.59 Å². The van der Waals surface area contributed by atoms with Gasteiger partial charge >= 0.3 is 5.97 Å². The maximum absolute atomic E-state index is 12.8. The van der Waals surface area contributed by atoms with Crippen LogP contribution in [0.25, 0.3) is 17.4 Å². The molecule has 1 aliphatic heterocycles. The Labute approximate surface area is 209 Å². The van der Waals surface area contributed by atoms with E-state index in [9.17, 15) is 19.2 Å². The molecule has 1 saturated heterocycles. The van der Waals surface area contributed by atoms with Gasteiger partial charge in [-0.15, -0.1) is 0 Å². The number of benzene rings is 2. The van der Waals surface area contributed by atoms with Crippen LogP contribution in [0.15, 0.2) is 57.9 Å². The third-order valence-electron chi connectivity index (χ3n) is 5.23. The lowest BCUT2D eigenvalue weighted by Crippen LogP contribution is -2.36. The van der Waals surface area contributed by atoms with Crippen molar-refractivity contribution in [1.29, 1.82) is 0 Å². The molecule has 2 aromatic carbocycles. The first-order chi connectivity index (χ1) is 16.6. The summed E-state index contributed by atoms with van der Waals surface area (Å²) in [4.78, 5) is 49.8. The van der Waals surface area contributed by atoms with Crippen molar-refractivity contribution in [3.63, 3.8) is 0 Å². The summed E-state index contributed by atoms with van der Waals surface area (Å²) >= 11 is 6.74. The number of carboxylic acid groups (broad SMARTS) is 1. The van der Waals surface area contributed by atoms with Crippen molar-refractivity contribution in [3.8, 4) is 11.3 Å². The van der Waals surface area contributed by atoms with E-state index in [1.807, 2.05) is 32.0 Å². The van der Waals surface area contributed by atoms with E-state index < -0.39 is 29.6 Å². The summed E-state index contributed by atoms with van der Waals surface area (Å²) in [5.74, 6) is -1.50. The number of halogens is 1. The fourth-order valence-electron chi connectivity index (χ4n) is 3.40. The first kappa shape index (κ1) is 24.3. The number of nitrogens with zero attached hydrogens (tertiary/aromatic N) is 1. The Morgan fingerprint density at radius 2 is 1.89 bits per heavy atom. The number of aryl methyl sites for hydroxylation is 2. The van der Waals surface area contributed by atoms with Gasteiger partial charge in [-0.2, -0.15) is 0 Å². The smallest absolute Gasteiger partial charge is 0.337 e. The van der Waals surface area contributed by atoms with Crippen LogP contribution < -0.4 is 5.32 Å². The molecule has 35 heavy (non-hydrogen) atoms. The molecule has 0 saturated carbocycles. The summed E-state index contributed by atoms with van der Waals surface area (Å²) in [6.45, 7) is 3.34. The minimum Gasteiger partial charge on any atom is -0.478 e. The van der Waals surface area contributed by atoms with E-state index >= 15 is 0 Å². The zero-order valence-corrected chi connectivity index (χ0v) is 20.2. The number of furan rings is 1. The molecule has 0 spiro atoms. The Morgan fingerprint density at radius 3 is 2.60 bits per heavy atom. The number of amides is 3. The number of carboxylic acids is 1. The van der Waals surface area contributed by atoms with Crippen molar-refractivity contribution in [2.75, 3.05) is 11.9 Å². The molecule has 1 aromatic heterocycles. The number of carbonyl (C=O) groups excluding carboxylic acids is 3. The minimum absolute atomic E-state index is 0.0301. The second kappa shape index (κ2) is 9.81. The third-order valence-corrected chi connectivity index (χ3v) is 6.45. The van der Waals surface area contributed by atoms with E-state index in [2.05, 4.69) is 5.32 Å². The van der Waals surface area contributed by atoms with E-state index in [0.29, 0.717) is 34.5 Å². The summed E-state index contributed by atoms with van der Waals surface area (Å²) in [6.07, 6.45) is 1.42. The van der Waals surface area contributed by atoms with Crippen LogP contribution in [0.3, 0.4) is 0 Å². The van der Waals surface area contributed by atoms with E-state index in [0.717, 1.165) is 16.0 Å². The Hall–Kier alpha value is -3.82. The molecule has 2 heterocycles. The number of imide groups is 1. The summed E-state index contributed by atoms with van der Waals surface area (Å²) in [7, 11) is 0. The Kier molecular flexibility index (Phi) is 6.81. The monoisotopic (exact) mass is 510 g/mol. The molecular formula is C25H19ClN2O6S. The Bertz CT molecular complexity index is 1410. The van der Waals surface area contributed by atoms with Gasteiger partial charge in [0.25, 0.3) is 11.1 Å². The van der Waals surface area contributed by atoms with Gasteiger partial charge in [-0.25, -0.2) is 4.79 Å². The van der Waals surface area contributed by atoms with E-state index in [4.69, 9.17) is 21.1 Å². The van der Waals surface area contributed by atoms with Gasteiger partial charge in [0.1, 0.15) is 18.1 Å². The molecule has 4 rings (SSSR count). The number of hydrogen-bond acceptors (Lipinski definition) is 6. The van der Waals surface area contributed by atoms with Crippen LogP contribution in [0.5, 0.6) is 0 Å². The summed E-state index contributed by atoms with van der Waals surface area (Å²) in [6, 6.07) is 13.3. The Morgan fingerprint density at radius 1 is 1.11 bits per heavy atom.